The monoisotopic (exact) mass is 1230 g/mol. The maximum atomic E-state index is 17.1. The second-order valence-electron chi connectivity index (χ2n) is 20.5. The average molecular weight is 1230 g/mol. The first-order chi connectivity index (χ1) is 41.6. The van der Waals surface area contributed by atoms with Crippen LogP contribution in [0.5, 0.6) is 11.5 Å². The van der Waals surface area contributed by atoms with Crippen LogP contribution < -0.4 is 25.8 Å². The number of alkyl halides is 2. The zero-order valence-corrected chi connectivity index (χ0v) is 48.3. The quantitative estimate of drug-likeness (QED) is 0.0506. The SMILES string of the molecule is B[P@@]1(=O)OC[C@H]2O[C@@H](n3cnc4c(N)ccnc43)[C@H](F)[C@@H]2O[P@](=O)(SCc2ccc(OC(=O)c3ccc(OCCn4nnc5c4-c4ccccc4CN(C(=O)CC)c4ccccc4-5)cc3)cc2)OC[C@H]2O[C@@H](n3cnc4c(N)ncnc43)[C@H](F)[C@@H]2O1. The molecule has 86 heavy (non-hydrogen) atoms. The van der Waals surface area contributed by atoms with Gasteiger partial charge in [0.25, 0.3) is 15.0 Å². The number of benzene rings is 4. The molecular weight excluding hydrogens is 1180 g/mol. The van der Waals surface area contributed by atoms with Crippen LogP contribution in [0.2, 0.25) is 0 Å². The van der Waals surface area contributed by atoms with Crippen LogP contribution in [0.25, 0.3) is 44.8 Å². The number of pyridine rings is 1. The number of nitrogens with two attached hydrogens (primary N) is 2. The van der Waals surface area contributed by atoms with Crippen molar-refractivity contribution in [1.82, 2.24) is 49.0 Å². The Balaban J connectivity index is 0.686. The summed E-state index contributed by atoms with van der Waals surface area (Å²) in [6, 6.07) is 29.9. The smallest absolute Gasteiger partial charge is 0.389 e. The van der Waals surface area contributed by atoms with Crippen molar-refractivity contribution in [1.29, 1.82) is 0 Å². The number of esters is 1. The number of nitrogen functional groups attached to an aromatic ring is 2. The Kier molecular flexibility index (Phi) is 15.5. The van der Waals surface area contributed by atoms with E-state index < -0.39 is 82.7 Å². The maximum Gasteiger partial charge on any atom is 0.389 e. The number of amides is 1. The van der Waals surface area contributed by atoms with Crippen molar-refractivity contribution < 1.29 is 64.5 Å². The van der Waals surface area contributed by atoms with E-state index in [1.165, 1.54) is 40.4 Å². The zero-order chi connectivity index (χ0) is 59.4. The van der Waals surface area contributed by atoms with Crippen molar-refractivity contribution in [2.45, 2.75) is 81.4 Å². The summed E-state index contributed by atoms with van der Waals surface area (Å²) < 4.78 is 116. The maximum absolute atomic E-state index is 17.1. The highest BCUT2D eigenvalue weighted by atomic mass is 32.7. The summed E-state index contributed by atoms with van der Waals surface area (Å²) in [5.74, 6) is 0.00603. The van der Waals surface area contributed by atoms with Crippen molar-refractivity contribution in [2.75, 3.05) is 36.2 Å². The number of hydrogen-bond acceptors (Lipinski definition) is 22. The molecule has 3 saturated heterocycles. The lowest BCUT2D eigenvalue weighted by atomic mass is 9.95. The Labute approximate surface area is 492 Å². The molecule has 4 aliphatic heterocycles. The number of halogens is 2. The van der Waals surface area contributed by atoms with Gasteiger partial charge in [-0.1, -0.05) is 66.7 Å². The number of anilines is 3. The summed E-state index contributed by atoms with van der Waals surface area (Å²) >= 11 is 0.691. The minimum Gasteiger partial charge on any atom is -0.492 e. The van der Waals surface area contributed by atoms with Crippen molar-refractivity contribution in [3.05, 3.63) is 145 Å². The van der Waals surface area contributed by atoms with Gasteiger partial charge in [-0.15, -0.1) is 5.10 Å². The molecule has 0 saturated carbocycles. The van der Waals surface area contributed by atoms with Gasteiger partial charge < -0.3 is 44.4 Å². The Morgan fingerprint density at radius 2 is 1.43 bits per heavy atom. The molecule has 5 aromatic heterocycles. The molecule has 0 spiro atoms. The molecule has 0 bridgehead atoms. The van der Waals surface area contributed by atoms with E-state index in [1.807, 2.05) is 55.5 Å². The molecule has 3 fully saturated rings. The number of imidazole rings is 2. The van der Waals surface area contributed by atoms with Gasteiger partial charge in [0, 0.05) is 29.5 Å². The highest BCUT2D eigenvalue weighted by molar-refractivity contribution is 8.54. The van der Waals surface area contributed by atoms with E-state index in [0.717, 1.165) is 35.6 Å². The summed E-state index contributed by atoms with van der Waals surface area (Å²) in [6.07, 6.45) is -7.79. The number of ether oxygens (including phenoxy) is 4. The third-order valence-corrected chi connectivity index (χ3v) is 19.9. The minimum atomic E-state index is -4.58. The van der Waals surface area contributed by atoms with Crippen molar-refractivity contribution in [3.63, 3.8) is 0 Å². The molecule has 9 heterocycles. The zero-order valence-electron chi connectivity index (χ0n) is 45.7. The largest absolute Gasteiger partial charge is 0.492 e. The Morgan fingerprint density at radius 3 is 2.17 bits per heavy atom. The third-order valence-electron chi connectivity index (χ3n) is 15.0. The lowest BCUT2D eigenvalue weighted by Crippen LogP contribution is -2.37. The summed E-state index contributed by atoms with van der Waals surface area (Å²) in [7, 11) is -3.11. The predicted octanol–water partition coefficient (Wildman–Crippen LogP) is 7.99. The fraction of sp³-hybridized carbons (Fsp3) is 0.291. The van der Waals surface area contributed by atoms with Gasteiger partial charge in [0.05, 0.1) is 61.6 Å². The fourth-order valence-electron chi connectivity index (χ4n) is 10.7. The van der Waals surface area contributed by atoms with Gasteiger partial charge in [-0.25, -0.2) is 47.7 Å². The number of hydrogen-bond donors (Lipinski definition) is 2. The van der Waals surface area contributed by atoms with Crippen LogP contribution in [-0.4, -0.2) is 125 Å². The van der Waals surface area contributed by atoms with Crippen LogP contribution in [0, 0.1) is 0 Å². The highest BCUT2D eigenvalue weighted by Crippen LogP contribution is 2.65. The number of rotatable bonds is 12. The van der Waals surface area contributed by atoms with Gasteiger partial charge in [0.1, 0.15) is 65.6 Å². The van der Waals surface area contributed by atoms with Crippen LogP contribution in [0.3, 0.4) is 0 Å². The molecule has 31 heteroatoms. The molecule has 1 amide bonds. The number of carbonyl (C=O) groups excluding carboxylic acids is 2. The molecule has 4 aromatic carbocycles. The van der Waals surface area contributed by atoms with E-state index >= 15 is 13.3 Å². The van der Waals surface area contributed by atoms with E-state index in [0.29, 0.717) is 47.9 Å². The molecule has 10 atom stereocenters. The van der Waals surface area contributed by atoms with Gasteiger partial charge in [-0.3, -0.25) is 27.5 Å². The second-order valence-corrected chi connectivity index (χ2v) is 26.5. The van der Waals surface area contributed by atoms with Crippen molar-refractivity contribution >= 4 is 84.6 Å². The van der Waals surface area contributed by atoms with E-state index in [4.69, 9.17) is 48.5 Å². The van der Waals surface area contributed by atoms with Gasteiger partial charge in [0.15, 0.2) is 41.9 Å². The van der Waals surface area contributed by atoms with E-state index in [2.05, 4.69) is 35.2 Å². The van der Waals surface area contributed by atoms with E-state index in [9.17, 15) is 14.2 Å². The number of aromatic nitrogens is 10. The first-order valence-electron chi connectivity index (χ1n) is 27.1. The molecule has 0 aliphatic carbocycles. The van der Waals surface area contributed by atoms with Gasteiger partial charge in [0.2, 0.25) is 5.91 Å². The molecule has 9 aromatic rings. The van der Waals surface area contributed by atoms with Crippen LogP contribution in [0.1, 0.15) is 47.3 Å². The lowest BCUT2D eigenvalue weighted by Gasteiger charge is -2.30. The predicted molar refractivity (Wildman–Crippen MR) is 312 cm³/mol. The second kappa shape index (κ2) is 23.4. The standard InChI is InChI=1S/C55H52BF2N13O12P2S/c1-2-41(72)68-23-32-7-3-4-8-35(32)47-44(36-9-5-6-10-38(36)68)66-67-71(47)21-22-76-33-17-13-31(14-18-33)55(73)79-34-15-11-30(12-16-34)26-86-85(75)78-25-40-48(42(57)53(81-40)70-29-65-46-50(60)62-27-63-52(46)70)82-84(56,74)77-24-39-49(83-85)43(58)54(80-39)69-28-64-45-37(59)19-20-61-51(45)69/h3-20,27-29,39-40,42-43,48-49,53-54H,2,21-26,56H2,1H3,(H2,59,61)(H2,60,62,63)/t39-,40-,42-,43-,48-,49-,53-,54-,84-,85-/m1/s1. The van der Waals surface area contributed by atoms with Crippen molar-refractivity contribution in [2.24, 2.45) is 0 Å². The summed E-state index contributed by atoms with van der Waals surface area (Å²) in [4.78, 5) is 49.4. The normalized spacial score (nSPS) is 25.6. The van der Waals surface area contributed by atoms with Crippen LogP contribution in [-0.2, 0) is 60.3 Å². The number of para-hydroxylation sites is 1. The van der Waals surface area contributed by atoms with Crippen LogP contribution in [0.4, 0.5) is 26.0 Å². The number of carbonyl (C=O) groups is 2. The van der Waals surface area contributed by atoms with Gasteiger partial charge >= 0.3 is 12.8 Å². The first-order valence-corrected chi connectivity index (χ1v) is 32.3. The third kappa shape index (κ3) is 11.0. The minimum absolute atomic E-state index is 0.00232. The number of nitrogens with zero attached hydrogens (tertiary/aromatic N) is 11. The Bertz CT molecular complexity index is 4150. The lowest BCUT2D eigenvalue weighted by molar-refractivity contribution is -0.118. The molecule has 4 aliphatic rings. The summed E-state index contributed by atoms with van der Waals surface area (Å²) in [5, 5.41) is 9.15. The molecule has 13 rings (SSSR count). The Morgan fingerprint density at radius 1 is 0.767 bits per heavy atom. The van der Waals surface area contributed by atoms with E-state index in [-0.39, 0.29) is 63.4 Å². The summed E-state index contributed by atoms with van der Waals surface area (Å²) in [5.41, 5.74) is 18.8. The molecule has 442 valence electrons. The van der Waals surface area contributed by atoms with Crippen LogP contribution >= 0.6 is 25.7 Å². The molecule has 4 N–H and O–H groups in total. The molecular formula is C55H52BF2N13O12P2S. The van der Waals surface area contributed by atoms with Crippen molar-refractivity contribution in [3.8, 4) is 34.0 Å². The highest BCUT2D eigenvalue weighted by Gasteiger charge is 2.55. The number of fused-ring (bicyclic) bond motifs is 9. The van der Waals surface area contributed by atoms with E-state index in [1.54, 1.807) is 58.1 Å². The topological polar surface area (TPSA) is 302 Å². The van der Waals surface area contributed by atoms with Gasteiger partial charge in [-0.05, 0) is 71.0 Å². The fourth-order valence-corrected chi connectivity index (χ4v) is 15.3. The van der Waals surface area contributed by atoms with Crippen LogP contribution in [0.15, 0.2) is 128 Å². The molecule has 0 unspecified atom stereocenters. The molecule has 25 nitrogen and oxygen atoms in total. The first kappa shape index (κ1) is 57.1. The molecule has 0 radical (unpaired) electrons. The van der Waals surface area contributed by atoms with Gasteiger partial charge in [-0.2, -0.15) is 0 Å². The average Bonchev–Trinajstić information content (AvgIpc) is 1.87. The summed E-state index contributed by atoms with van der Waals surface area (Å²) in [6.45, 7) is -3.10. The Hall–Kier alpha value is -7.98.